The molecule has 0 amide bonds. The molecule has 1 aliphatic heterocycles. The maximum Gasteiger partial charge on any atom is 0.282 e. The van der Waals surface area contributed by atoms with Gasteiger partial charge in [0.2, 0.25) is 0 Å². The van der Waals surface area contributed by atoms with E-state index in [0.717, 1.165) is 11.1 Å². The summed E-state index contributed by atoms with van der Waals surface area (Å²) in [6.07, 6.45) is 7.12. The normalized spacial score (nSPS) is 16.8. The highest BCUT2D eigenvalue weighted by Gasteiger charge is 2.35. The number of pyridine rings is 1. The molecule has 1 aliphatic rings. The molecule has 4 nitrogen and oxygen atoms in total. The lowest BCUT2D eigenvalue weighted by molar-refractivity contribution is 0.466. The van der Waals surface area contributed by atoms with Gasteiger partial charge in [0, 0.05) is 6.20 Å². The fraction of sp³-hybridized carbons (Fsp3) is 0.0455. The van der Waals surface area contributed by atoms with Gasteiger partial charge in [-0.1, -0.05) is 78.9 Å². The number of sulfonamides is 1. The van der Waals surface area contributed by atoms with Crippen LogP contribution in [0.5, 0.6) is 0 Å². The van der Waals surface area contributed by atoms with Crippen molar-refractivity contribution in [1.82, 2.24) is 9.29 Å². The Morgan fingerprint density at radius 3 is 2.15 bits per heavy atom. The van der Waals surface area contributed by atoms with Gasteiger partial charge in [0.05, 0.1) is 11.7 Å². The largest absolute Gasteiger partial charge is 0.282 e. The van der Waals surface area contributed by atoms with Crippen LogP contribution in [0, 0.1) is 0 Å². The highest BCUT2D eigenvalue weighted by atomic mass is 32.2. The molecule has 2 aromatic carbocycles. The predicted octanol–water partition coefficient (Wildman–Crippen LogP) is 4.42. The Labute approximate surface area is 159 Å². The zero-order valence-corrected chi connectivity index (χ0v) is 15.3. The van der Waals surface area contributed by atoms with E-state index in [0.29, 0.717) is 5.70 Å². The van der Waals surface area contributed by atoms with Crippen LogP contribution in [-0.2, 0) is 10.0 Å². The third-order valence-corrected chi connectivity index (χ3v) is 6.12. The summed E-state index contributed by atoms with van der Waals surface area (Å²) in [7, 11) is -3.85. The summed E-state index contributed by atoms with van der Waals surface area (Å²) >= 11 is 0. The van der Waals surface area contributed by atoms with Crippen molar-refractivity contribution in [2.45, 2.75) is 11.1 Å². The number of benzene rings is 2. The van der Waals surface area contributed by atoms with Crippen molar-refractivity contribution in [2.24, 2.45) is 0 Å². The van der Waals surface area contributed by atoms with Gasteiger partial charge in [-0.2, -0.15) is 8.42 Å². The highest BCUT2D eigenvalue weighted by Crippen LogP contribution is 2.38. The van der Waals surface area contributed by atoms with Crippen LogP contribution in [0.4, 0.5) is 0 Å². The van der Waals surface area contributed by atoms with Crippen molar-refractivity contribution in [3.8, 4) is 0 Å². The Balaban J connectivity index is 1.90. The molecule has 0 fully saturated rings. The number of hydrogen-bond acceptors (Lipinski definition) is 3. The van der Waals surface area contributed by atoms with Gasteiger partial charge in [-0.05, 0) is 29.3 Å². The molecule has 0 bridgehead atoms. The van der Waals surface area contributed by atoms with Crippen LogP contribution < -0.4 is 0 Å². The second-order valence-electron chi connectivity index (χ2n) is 6.13. The molecule has 134 valence electrons. The van der Waals surface area contributed by atoms with E-state index >= 15 is 0 Å². The second-order valence-corrected chi connectivity index (χ2v) is 7.89. The van der Waals surface area contributed by atoms with Gasteiger partial charge in [0.25, 0.3) is 10.0 Å². The lowest BCUT2D eigenvalue weighted by Gasteiger charge is -2.35. The highest BCUT2D eigenvalue weighted by molar-refractivity contribution is 7.89. The van der Waals surface area contributed by atoms with Crippen molar-refractivity contribution < 1.29 is 8.42 Å². The molecular weight excluding hydrogens is 356 g/mol. The zero-order chi connectivity index (χ0) is 18.7. The van der Waals surface area contributed by atoms with E-state index in [1.54, 1.807) is 12.1 Å². The Morgan fingerprint density at radius 1 is 0.815 bits per heavy atom. The summed E-state index contributed by atoms with van der Waals surface area (Å²) in [6.45, 7) is 0. The first-order valence-corrected chi connectivity index (χ1v) is 10.1. The van der Waals surface area contributed by atoms with Crippen LogP contribution in [-0.4, -0.2) is 17.7 Å². The Morgan fingerprint density at radius 2 is 1.48 bits per heavy atom. The van der Waals surface area contributed by atoms with E-state index in [-0.39, 0.29) is 5.03 Å². The van der Waals surface area contributed by atoms with E-state index in [4.69, 9.17) is 0 Å². The average molecular weight is 374 g/mol. The van der Waals surface area contributed by atoms with E-state index in [2.05, 4.69) is 4.98 Å². The number of allylic oxidation sites excluding steroid dienone is 2. The average Bonchev–Trinajstić information content (AvgIpc) is 2.75. The van der Waals surface area contributed by atoms with Crippen LogP contribution in [0.25, 0.3) is 5.70 Å². The van der Waals surface area contributed by atoms with E-state index in [1.165, 1.54) is 16.6 Å². The SMILES string of the molecule is O=S(=O)(c1ccccn1)N1C(c2ccccc2)=CC=CC1c1ccccc1. The van der Waals surface area contributed by atoms with Crippen LogP contribution in [0.15, 0.2) is 108 Å². The fourth-order valence-corrected chi connectivity index (χ4v) is 4.72. The quantitative estimate of drug-likeness (QED) is 0.679. The van der Waals surface area contributed by atoms with Crippen molar-refractivity contribution >= 4 is 15.7 Å². The van der Waals surface area contributed by atoms with Gasteiger partial charge < -0.3 is 0 Å². The van der Waals surface area contributed by atoms with Gasteiger partial charge >= 0.3 is 0 Å². The molecule has 1 unspecified atom stereocenters. The molecular formula is C22H18N2O2S. The Bertz CT molecular complexity index is 1080. The summed E-state index contributed by atoms with van der Waals surface area (Å²) in [4.78, 5) is 4.10. The molecule has 2 heterocycles. The molecule has 1 aromatic heterocycles. The Hall–Kier alpha value is -3.18. The van der Waals surface area contributed by atoms with Crippen LogP contribution in [0.3, 0.4) is 0 Å². The fourth-order valence-electron chi connectivity index (χ4n) is 3.16. The van der Waals surface area contributed by atoms with E-state index < -0.39 is 16.1 Å². The van der Waals surface area contributed by atoms with Gasteiger partial charge in [-0.15, -0.1) is 0 Å². The molecule has 0 N–H and O–H groups in total. The van der Waals surface area contributed by atoms with Crippen LogP contribution >= 0.6 is 0 Å². The maximum atomic E-state index is 13.5. The lowest BCUT2D eigenvalue weighted by atomic mass is 10.0. The summed E-state index contributed by atoms with van der Waals surface area (Å²) in [6, 6.07) is 23.6. The van der Waals surface area contributed by atoms with Crippen molar-refractivity contribution in [3.63, 3.8) is 0 Å². The molecule has 4 rings (SSSR count). The minimum atomic E-state index is -3.85. The van der Waals surface area contributed by atoms with Gasteiger partial charge in [0.1, 0.15) is 0 Å². The van der Waals surface area contributed by atoms with Crippen LogP contribution in [0.1, 0.15) is 17.2 Å². The smallest absolute Gasteiger partial charge is 0.253 e. The van der Waals surface area contributed by atoms with E-state index in [9.17, 15) is 8.42 Å². The van der Waals surface area contributed by atoms with Crippen molar-refractivity contribution in [1.29, 1.82) is 0 Å². The summed E-state index contributed by atoms with van der Waals surface area (Å²) in [5, 5.41) is 0.0306. The lowest BCUT2D eigenvalue weighted by Crippen LogP contribution is -2.34. The van der Waals surface area contributed by atoms with Gasteiger partial charge in [0.15, 0.2) is 5.03 Å². The third-order valence-electron chi connectivity index (χ3n) is 4.41. The summed E-state index contributed by atoms with van der Waals surface area (Å²) in [5.74, 6) is 0. The summed E-state index contributed by atoms with van der Waals surface area (Å²) in [5.41, 5.74) is 2.36. The topological polar surface area (TPSA) is 50.3 Å². The van der Waals surface area contributed by atoms with Gasteiger partial charge in [-0.3, -0.25) is 4.31 Å². The van der Waals surface area contributed by atoms with Gasteiger partial charge in [-0.25, -0.2) is 4.98 Å². The predicted molar refractivity (Wildman–Crippen MR) is 106 cm³/mol. The number of hydrogen-bond donors (Lipinski definition) is 0. The van der Waals surface area contributed by atoms with Crippen molar-refractivity contribution in [3.05, 3.63) is 114 Å². The standard InChI is InChI=1S/C22H18N2O2S/c25-27(26,22-16-7-8-17-23-22)24-20(18-10-3-1-4-11-18)14-9-15-21(24)19-12-5-2-6-13-19/h1-17,20H. The van der Waals surface area contributed by atoms with Crippen molar-refractivity contribution in [2.75, 3.05) is 0 Å². The first kappa shape index (κ1) is 17.2. The molecule has 0 saturated heterocycles. The third kappa shape index (κ3) is 3.29. The molecule has 5 heteroatoms. The zero-order valence-electron chi connectivity index (χ0n) is 14.5. The first-order valence-electron chi connectivity index (χ1n) is 8.62. The number of aromatic nitrogens is 1. The molecule has 0 spiro atoms. The molecule has 27 heavy (non-hydrogen) atoms. The molecule has 0 aliphatic carbocycles. The number of nitrogens with zero attached hydrogens (tertiary/aromatic N) is 2. The molecule has 0 radical (unpaired) electrons. The molecule has 1 atom stereocenters. The first-order chi connectivity index (χ1) is 13.2. The summed E-state index contributed by atoms with van der Waals surface area (Å²) < 4.78 is 28.5. The minimum absolute atomic E-state index is 0.0306. The van der Waals surface area contributed by atoms with Crippen LogP contribution in [0.2, 0.25) is 0 Å². The monoisotopic (exact) mass is 374 g/mol. The molecule has 3 aromatic rings. The second kappa shape index (κ2) is 7.21. The number of rotatable bonds is 4. The maximum absolute atomic E-state index is 13.5. The Kier molecular flexibility index (Phi) is 4.60. The molecule has 0 saturated carbocycles. The van der Waals surface area contributed by atoms with E-state index in [1.807, 2.05) is 78.9 Å². The minimum Gasteiger partial charge on any atom is -0.253 e.